The minimum atomic E-state index is 0.0454. The van der Waals surface area contributed by atoms with Crippen molar-refractivity contribution in [3.05, 3.63) is 29.3 Å². The average molecular weight is 290 g/mol. The smallest absolute Gasteiger partial charge is 0.130 e. The van der Waals surface area contributed by atoms with Crippen LogP contribution in [-0.4, -0.2) is 56.0 Å². The lowest BCUT2D eigenvalue weighted by Crippen LogP contribution is -2.44. The van der Waals surface area contributed by atoms with Gasteiger partial charge in [-0.2, -0.15) is 0 Å². The van der Waals surface area contributed by atoms with Crippen LogP contribution in [0.4, 0.5) is 0 Å². The third-order valence-electron chi connectivity index (χ3n) is 4.17. The van der Waals surface area contributed by atoms with Crippen molar-refractivity contribution in [1.82, 2.24) is 9.80 Å². The standard InChI is InChI=1S/C16H26N4O/c1-19(2)13-5-4-8-20(11-13)10-12-6-7-14(16(17)18)15(9-12)21-3/h6-7,9,13H,4-5,8,10-11H2,1-3H3,(H3,17,18). The van der Waals surface area contributed by atoms with Gasteiger partial charge < -0.3 is 15.4 Å². The Labute approximate surface area is 127 Å². The van der Waals surface area contributed by atoms with E-state index in [1.165, 1.54) is 18.4 Å². The fraction of sp³-hybridized carbons (Fsp3) is 0.562. The third kappa shape index (κ3) is 3.95. The van der Waals surface area contributed by atoms with Crippen molar-refractivity contribution in [3.63, 3.8) is 0 Å². The number of hydrogen-bond acceptors (Lipinski definition) is 4. The second kappa shape index (κ2) is 6.91. The average Bonchev–Trinajstić information content (AvgIpc) is 2.47. The molecule has 21 heavy (non-hydrogen) atoms. The van der Waals surface area contributed by atoms with E-state index >= 15 is 0 Å². The van der Waals surface area contributed by atoms with Gasteiger partial charge in [0.25, 0.3) is 0 Å². The summed E-state index contributed by atoms with van der Waals surface area (Å²) in [4.78, 5) is 4.79. The number of likely N-dealkylation sites (N-methyl/N-ethyl adjacent to an activating group) is 1. The van der Waals surface area contributed by atoms with E-state index in [4.69, 9.17) is 15.9 Å². The Morgan fingerprint density at radius 3 is 2.86 bits per heavy atom. The zero-order chi connectivity index (χ0) is 15.4. The lowest BCUT2D eigenvalue weighted by Gasteiger charge is -2.36. The van der Waals surface area contributed by atoms with Gasteiger partial charge in [-0.1, -0.05) is 6.07 Å². The zero-order valence-corrected chi connectivity index (χ0v) is 13.2. The Kier molecular flexibility index (Phi) is 5.20. The topological polar surface area (TPSA) is 65.6 Å². The summed E-state index contributed by atoms with van der Waals surface area (Å²) < 4.78 is 5.35. The predicted molar refractivity (Wildman–Crippen MR) is 86.0 cm³/mol. The monoisotopic (exact) mass is 290 g/mol. The van der Waals surface area contributed by atoms with E-state index in [2.05, 4.69) is 23.9 Å². The van der Waals surface area contributed by atoms with E-state index in [1.807, 2.05) is 18.2 Å². The zero-order valence-electron chi connectivity index (χ0n) is 13.2. The highest BCUT2D eigenvalue weighted by Gasteiger charge is 2.21. The third-order valence-corrected chi connectivity index (χ3v) is 4.17. The number of hydrogen-bond donors (Lipinski definition) is 2. The highest BCUT2D eigenvalue weighted by molar-refractivity contribution is 5.97. The number of nitrogens with zero attached hydrogens (tertiary/aromatic N) is 2. The number of rotatable bonds is 5. The van der Waals surface area contributed by atoms with Gasteiger partial charge in [-0.05, 0) is 51.2 Å². The Balaban J connectivity index is 2.07. The Morgan fingerprint density at radius 1 is 1.48 bits per heavy atom. The predicted octanol–water partition coefficient (Wildman–Crippen LogP) is 1.51. The molecule has 1 unspecified atom stereocenters. The van der Waals surface area contributed by atoms with Gasteiger partial charge in [0.15, 0.2) is 0 Å². The molecule has 5 heteroatoms. The molecule has 0 spiro atoms. The first kappa shape index (κ1) is 15.8. The molecule has 1 saturated heterocycles. The molecule has 0 aliphatic carbocycles. The van der Waals surface area contributed by atoms with Crippen molar-refractivity contribution in [3.8, 4) is 5.75 Å². The number of piperidine rings is 1. The SMILES string of the molecule is COc1cc(CN2CCCC(N(C)C)C2)ccc1C(=N)N. The second-order valence-electron chi connectivity index (χ2n) is 5.94. The molecule has 1 heterocycles. The summed E-state index contributed by atoms with van der Waals surface area (Å²) in [6, 6.07) is 6.55. The number of benzene rings is 1. The molecule has 0 aromatic heterocycles. The number of amidine groups is 1. The van der Waals surface area contributed by atoms with E-state index in [0.29, 0.717) is 17.4 Å². The van der Waals surface area contributed by atoms with Crippen LogP contribution < -0.4 is 10.5 Å². The fourth-order valence-electron chi connectivity index (χ4n) is 2.91. The van der Waals surface area contributed by atoms with Gasteiger partial charge in [0.05, 0.1) is 12.7 Å². The van der Waals surface area contributed by atoms with Crippen molar-refractivity contribution in [2.45, 2.75) is 25.4 Å². The van der Waals surface area contributed by atoms with Gasteiger partial charge in [-0.15, -0.1) is 0 Å². The number of nitrogen functional groups attached to an aromatic ring is 1. The maximum Gasteiger partial charge on any atom is 0.130 e. The molecule has 1 aromatic carbocycles. The lowest BCUT2D eigenvalue weighted by molar-refractivity contribution is 0.128. The molecule has 1 aliphatic heterocycles. The quantitative estimate of drug-likeness (QED) is 0.637. The molecule has 5 nitrogen and oxygen atoms in total. The largest absolute Gasteiger partial charge is 0.496 e. The molecular weight excluding hydrogens is 264 g/mol. The summed E-state index contributed by atoms with van der Waals surface area (Å²) in [5.41, 5.74) is 7.43. The van der Waals surface area contributed by atoms with Crippen LogP contribution in [-0.2, 0) is 6.54 Å². The fourth-order valence-corrected chi connectivity index (χ4v) is 2.91. The molecule has 2 rings (SSSR count). The molecule has 1 aliphatic rings. The van der Waals surface area contributed by atoms with Crippen LogP contribution >= 0.6 is 0 Å². The molecule has 0 amide bonds. The highest BCUT2D eigenvalue weighted by atomic mass is 16.5. The van der Waals surface area contributed by atoms with Gasteiger partial charge in [0.2, 0.25) is 0 Å². The van der Waals surface area contributed by atoms with Crippen LogP contribution in [0.2, 0.25) is 0 Å². The number of ether oxygens (including phenoxy) is 1. The highest BCUT2D eigenvalue weighted by Crippen LogP contribution is 2.22. The number of nitrogens with one attached hydrogen (secondary N) is 1. The van der Waals surface area contributed by atoms with Gasteiger partial charge in [-0.3, -0.25) is 10.3 Å². The first-order valence-electron chi connectivity index (χ1n) is 7.41. The lowest BCUT2D eigenvalue weighted by atomic mass is 10.0. The summed E-state index contributed by atoms with van der Waals surface area (Å²) in [5, 5.41) is 7.56. The van der Waals surface area contributed by atoms with Crippen LogP contribution in [0.5, 0.6) is 5.75 Å². The summed E-state index contributed by atoms with van der Waals surface area (Å²) in [6.07, 6.45) is 2.52. The van der Waals surface area contributed by atoms with Crippen molar-refractivity contribution in [2.24, 2.45) is 5.73 Å². The second-order valence-corrected chi connectivity index (χ2v) is 5.94. The summed E-state index contributed by atoms with van der Waals surface area (Å²) >= 11 is 0. The van der Waals surface area contributed by atoms with E-state index in [-0.39, 0.29) is 5.84 Å². The van der Waals surface area contributed by atoms with Crippen LogP contribution in [0.15, 0.2) is 18.2 Å². The maximum atomic E-state index is 7.56. The molecule has 3 N–H and O–H groups in total. The molecule has 0 radical (unpaired) electrons. The summed E-state index contributed by atoms with van der Waals surface area (Å²) in [5.74, 6) is 0.727. The van der Waals surface area contributed by atoms with Crippen molar-refractivity contribution < 1.29 is 4.74 Å². The Morgan fingerprint density at radius 2 is 2.24 bits per heavy atom. The maximum absolute atomic E-state index is 7.56. The van der Waals surface area contributed by atoms with E-state index in [9.17, 15) is 0 Å². The van der Waals surface area contributed by atoms with Crippen molar-refractivity contribution in [2.75, 3.05) is 34.3 Å². The summed E-state index contributed by atoms with van der Waals surface area (Å²) in [6.45, 7) is 3.16. The molecule has 1 fully saturated rings. The van der Waals surface area contributed by atoms with Crippen LogP contribution in [0, 0.1) is 5.41 Å². The van der Waals surface area contributed by atoms with Crippen molar-refractivity contribution in [1.29, 1.82) is 5.41 Å². The number of nitrogens with two attached hydrogens (primary N) is 1. The first-order valence-corrected chi connectivity index (χ1v) is 7.41. The first-order chi connectivity index (χ1) is 10.0. The van der Waals surface area contributed by atoms with E-state index in [1.54, 1.807) is 7.11 Å². The van der Waals surface area contributed by atoms with Gasteiger partial charge >= 0.3 is 0 Å². The summed E-state index contributed by atoms with van der Waals surface area (Å²) in [7, 11) is 5.92. The molecule has 116 valence electrons. The molecule has 0 bridgehead atoms. The number of methoxy groups -OCH3 is 1. The normalized spacial score (nSPS) is 19.7. The Bertz CT molecular complexity index is 501. The minimum absolute atomic E-state index is 0.0454. The molecule has 0 saturated carbocycles. The molecular formula is C16H26N4O. The van der Waals surface area contributed by atoms with Crippen LogP contribution in [0.1, 0.15) is 24.0 Å². The minimum Gasteiger partial charge on any atom is -0.496 e. The number of likely N-dealkylation sites (tertiary alicyclic amines) is 1. The van der Waals surface area contributed by atoms with Crippen molar-refractivity contribution >= 4 is 5.84 Å². The van der Waals surface area contributed by atoms with Gasteiger partial charge in [0, 0.05) is 19.1 Å². The van der Waals surface area contributed by atoms with Gasteiger partial charge in [-0.25, -0.2) is 0 Å². The Hall–Kier alpha value is -1.59. The molecule has 1 aromatic rings. The van der Waals surface area contributed by atoms with Crippen LogP contribution in [0.3, 0.4) is 0 Å². The van der Waals surface area contributed by atoms with Crippen LogP contribution in [0.25, 0.3) is 0 Å². The van der Waals surface area contributed by atoms with E-state index < -0.39 is 0 Å². The van der Waals surface area contributed by atoms with E-state index in [0.717, 1.165) is 19.6 Å². The van der Waals surface area contributed by atoms with Gasteiger partial charge in [0.1, 0.15) is 11.6 Å². The molecule has 1 atom stereocenters.